The van der Waals surface area contributed by atoms with Gasteiger partial charge in [0.15, 0.2) is 0 Å². The zero-order valence-corrected chi connectivity index (χ0v) is 7.46. The van der Waals surface area contributed by atoms with E-state index >= 15 is 0 Å². The van der Waals surface area contributed by atoms with Crippen molar-refractivity contribution >= 4 is 5.91 Å². The fourth-order valence-corrected chi connectivity index (χ4v) is 0.705. The molecule has 0 aromatic carbocycles. The fraction of sp³-hybridized carbons (Fsp3) is 0.857. The van der Waals surface area contributed by atoms with Crippen molar-refractivity contribution in [1.29, 1.82) is 0 Å². The number of likely N-dealkylation sites (N-methyl/N-ethyl adjacent to an activating group) is 1. The Bertz CT molecular complexity index is 126. The third-order valence-electron chi connectivity index (χ3n) is 1.45. The molecule has 12 heavy (non-hydrogen) atoms. The maximum Gasteiger partial charge on any atom is 0.239 e. The van der Waals surface area contributed by atoms with Crippen LogP contribution in [0.1, 0.15) is 0 Å². The lowest BCUT2D eigenvalue weighted by Gasteiger charge is -2.12. The van der Waals surface area contributed by atoms with Gasteiger partial charge in [0.1, 0.15) is 6.04 Å². The van der Waals surface area contributed by atoms with E-state index in [1.165, 1.54) is 0 Å². The van der Waals surface area contributed by atoms with Crippen LogP contribution in [0.15, 0.2) is 0 Å². The van der Waals surface area contributed by atoms with Crippen LogP contribution in [0.3, 0.4) is 0 Å². The number of rotatable bonds is 6. The molecule has 5 nitrogen and oxygen atoms in total. The fourth-order valence-electron chi connectivity index (χ4n) is 0.705. The molecule has 0 aliphatic carbocycles. The smallest absolute Gasteiger partial charge is 0.239 e. The lowest BCUT2D eigenvalue weighted by molar-refractivity contribution is -0.124. The molecule has 72 valence electrons. The number of methoxy groups -OCH3 is 1. The molecule has 1 unspecified atom stereocenters. The lowest BCUT2D eigenvalue weighted by atomic mass is 10.3. The van der Waals surface area contributed by atoms with Crippen molar-refractivity contribution in [3.63, 3.8) is 0 Å². The zero-order valence-electron chi connectivity index (χ0n) is 7.46. The van der Waals surface area contributed by atoms with Gasteiger partial charge < -0.3 is 20.5 Å². The first-order chi connectivity index (χ1) is 5.76. The number of amides is 1. The van der Waals surface area contributed by atoms with Crippen LogP contribution in [0, 0.1) is 0 Å². The molecular weight excluding hydrogens is 160 g/mol. The average Bonchev–Trinajstić information content (AvgIpc) is 2.07. The third-order valence-corrected chi connectivity index (χ3v) is 1.45. The van der Waals surface area contributed by atoms with E-state index in [0.717, 1.165) is 0 Å². The van der Waals surface area contributed by atoms with Gasteiger partial charge in [-0.05, 0) is 7.05 Å². The summed E-state index contributed by atoms with van der Waals surface area (Å²) in [6, 6.07) is -0.526. The Morgan fingerprint density at radius 3 is 2.75 bits per heavy atom. The summed E-state index contributed by atoms with van der Waals surface area (Å²) in [5, 5.41) is 14.0. The summed E-state index contributed by atoms with van der Waals surface area (Å²) in [5.74, 6) is -0.211. The lowest BCUT2D eigenvalue weighted by Crippen LogP contribution is -2.45. The van der Waals surface area contributed by atoms with Crippen molar-refractivity contribution in [1.82, 2.24) is 10.6 Å². The first-order valence-electron chi connectivity index (χ1n) is 3.81. The number of carbonyl (C=O) groups is 1. The molecule has 0 aliphatic heterocycles. The van der Waals surface area contributed by atoms with E-state index < -0.39 is 6.04 Å². The van der Waals surface area contributed by atoms with E-state index in [2.05, 4.69) is 10.6 Å². The van der Waals surface area contributed by atoms with Crippen molar-refractivity contribution in [2.75, 3.05) is 33.9 Å². The minimum Gasteiger partial charge on any atom is -0.394 e. The average molecular weight is 176 g/mol. The van der Waals surface area contributed by atoms with Crippen molar-refractivity contribution in [3.05, 3.63) is 0 Å². The molecule has 0 fully saturated rings. The monoisotopic (exact) mass is 176 g/mol. The van der Waals surface area contributed by atoms with Gasteiger partial charge in [0.2, 0.25) is 5.91 Å². The third kappa shape index (κ3) is 4.27. The number of aliphatic hydroxyl groups excluding tert-OH is 1. The van der Waals surface area contributed by atoms with Crippen molar-refractivity contribution in [3.8, 4) is 0 Å². The maximum atomic E-state index is 11.1. The largest absolute Gasteiger partial charge is 0.394 e. The van der Waals surface area contributed by atoms with Gasteiger partial charge in [-0.2, -0.15) is 0 Å². The number of nitrogens with one attached hydrogen (secondary N) is 2. The Labute approximate surface area is 72.1 Å². The molecule has 0 aliphatic rings. The number of carbonyl (C=O) groups excluding carboxylic acids is 1. The van der Waals surface area contributed by atoms with Crippen LogP contribution in [-0.2, 0) is 9.53 Å². The number of aliphatic hydroxyl groups is 1. The van der Waals surface area contributed by atoms with Crippen molar-refractivity contribution in [2.24, 2.45) is 0 Å². The minimum absolute atomic E-state index is 0.199. The summed E-state index contributed by atoms with van der Waals surface area (Å²) >= 11 is 0. The minimum atomic E-state index is -0.526. The molecule has 0 aromatic rings. The number of ether oxygens (including phenoxy) is 1. The quantitative estimate of drug-likeness (QED) is 0.423. The molecule has 0 aromatic heterocycles. The Morgan fingerprint density at radius 1 is 1.67 bits per heavy atom. The molecule has 0 saturated heterocycles. The van der Waals surface area contributed by atoms with E-state index in [4.69, 9.17) is 9.84 Å². The molecular formula is C7H16N2O3. The molecule has 0 saturated carbocycles. The Morgan fingerprint density at radius 2 is 2.33 bits per heavy atom. The Balaban J connectivity index is 3.54. The number of hydrogen-bond acceptors (Lipinski definition) is 4. The molecule has 3 N–H and O–H groups in total. The highest BCUT2D eigenvalue weighted by Crippen LogP contribution is 1.79. The van der Waals surface area contributed by atoms with Gasteiger partial charge in [0.05, 0.1) is 13.2 Å². The highest BCUT2D eigenvalue weighted by molar-refractivity contribution is 5.81. The standard InChI is InChI=1S/C7H16N2O3/c1-8-6(5-10)7(11)9-3-4-12-2/h6,8,10H,3-5H2,1-2H3,(H,9,11). The predicted octanol–water partition coefficient (Wildman–Crippen LogP) is -1.67. The molecule has 0 radical (unpaired) electrons. The number of hydrogen-bond donors (Lipinski definition) is 3. The van der Waals surface area contributed by atoms with Crippen LogP contribution in [-0.4, -0.2) is 51.0 Å². The summed E-state index contributed by atoms with van der Waals surface area (Å²) in [7, 11) is 3.19. The van der Waals surface area contributed by atoms with E-state index in [0.29, 0.717) is 13.2 Å². The second kappa shape index (κ2) is 7.02. The van der Waals surface area contributed by atoms with Crippen molar-refractivity contribution < 1.29 is 14.6 Å². The van der Waals surface area contributed by atoms with E-state index in [9.17, 15) is 4.79 Å². The summed E-state index contributed by atoms with van der Waals surface area (Å²) in [6.45, 7) is 0.746. The van der Waals surface area contributed by atoms with Crippen LogP contribution in [0.4, 0.5) is 0 Å². The van der Waals surface area contributed by atoms with Crippen LogP contribution in [0.25, 0.3) is 0 Å². The van der Waals surface area contributed by atoms with Gasteiger partial charge in [0.25, 0.3) is 0 Å². The second-order valence-electron chi connectivity index (χ2n) is 2.31. The highest BCUT2D eigenvalue weighted by atomic mass is 16.5. The first kappa shape index (κ1) is 11.4. The normalized spacial score (nSPS) is 12.6. The topological polar surface area (TPSA) is 70.6 Å². The molecule has 0 heterocycles. The molecule has 5 heteroatoms. The summed E-state index contributed by atoms with van der Waals surface area (Å²) in [5.41, 5.74) is 0. The SMILES string of the molecule is CNC(CO)C(=O)NCCOC. The van der Waals surface area contributed by atoms with Gasteiger partial charge in [-0.25, -0.2) is 0 Å². The highest BCUT2D eigenvalue weighted by Gasteiger charge is 2.13. The van der Waals surface area contributed by atoms with E-state index in [-0.39, 0.29) is 12.5 Å². The molecule has 1 atom stereocenters. The molecule has 0 bridgehead atoms. The van der Waals surface area contributed by atoms with Crippen LogP contribution >= 0.6 is 0 Å². The van der Waals surface area contributed by atoms with Gasteiger partial charge in [-0.15, -0.1) is 0 Å². The summed E-state index contributed by atoms with van der Waals surface area (Å²) < 4.78 is 4.74. The summed E-state index contributed by atoms with van der Waals surface area (Å²) in [6.07, 6.45) is 0. The van der Waals surface area contributed by atoms with Gasteiger partial charge in [-0.3, -0.25) is 4.79 Å². The Kier molecular flexibility index (Phi) is 6.64. The Hall–Kier alpha value is -0.650. The summed E-state index contributed by atoms with van der Waals surface area (Å²) in [4.78, 5) is 11.1. The van der Waals surface area contributed by atoms with Gasteiger partial charge >= 0.3 is 0 Å². The van der Waals surface area contributed by atoms with Crippen molar-refractivity contribution in [2.45, 2.75) is 6.04 Å². The second-order valence-corrected chi connectivity index (χ2v) is 2.31. The van der Waals surface area contributed by atoms with E-state index in [1.54, 1.807) is 14.2 Å². The molecule has 0 spiro atoms. The zero-order chi connectivity index (χ0) is 9.40. The van der Waals surface area contributed by atoms with Gasteiger partial charge in [-0.1, -0.05) is 0 Å². The van der Waals surface area contributed by atoms with Gasteiger partial charge in [0, 0.05) is 13.7 Å². The first-order valence-corrected chi connectivity index (χ1v) is 3.81. The van der Waals surface area contributed by atoms with E-state index in [1.807, 2.05) is 0 Å². The maximum absolute atomic E-state index is 11.1. The molecule has 0 rings (SSSR count). The van der Waals surface area contributed by atoms with Crippen LogP contribution < -0.4 is 10.6 Å². The predicted molar refractivity (Wildman–Crippen MR) is 44.8 cm³/mol. The van der Waals surface area contributed by atoms with Crippen LogP contribution in [0.5, 0.6) is 0 Å². The molecule has 1 amide bonds. The van der Waals surface area contributed by atoms with Crippen LogP contribution in [0.2, 0.25) is 0 Å².